The van der Waals surface area contributed by atoms with Gasteiger partial charge in [-0.1, -0.05) is 0 Å². The van der Waals surface area contributed by atoms with Gasteiger partial charge in [0.2, 0.25) is 5.96 Å². The third kappa shape index (κ3) is 3.83. The summed E-state index contributed by atoms with van der Waals surface area (Å²) in [5, 5.41) is 0. The van der Waals surface area contributed by atoms with E-state index in [0.29, 0.717) is 18.6 Å². The molecule has 0 radical (unpaired) electrons. The van der Waals surface area contributed by atoms with Crippen LogP contribution in [0.3, 0.4) is 0 Å². The second-order valence-corrected chi connectivity index (χ2v) is 4.44. The van der Waals surface area contributed by atoms with Crippen molar-refractivity contribution < 1.29 is 9.47 Å². The highest BCUT2D eigenvalue weighted by Crippen LogP contribution is 2.18. The number of methoxy groups -OCH3 is 1. The van der Waals surface area contributed by atoms with Gasteiger partial charge in [0, 0.05) is 20.8 Å². The minimum atomic E-state index is 0.0751. The number of hydrazine groups is 1. The van der Waals surface area contributed by atoms with E-state index >= 15 is 0 Å². The number of nitrogens with one attached hydrogen (secondary N) is 1. The Morgan fingerprint density at radius 1 is 1.71 bits per heavy atom. The van der Waals surface area contributed by atoms with E-state index in [9.17, 15) is 0 Å². The summed E-state index contributed by atoms with van der Waals surface area (Å²) in [7, 11) is 3.65. The lowest BCUT2D eigenvalue weighted by atomic mass is 10.1. The van der Waals surface area contributed by atoms with Gasteiger partial charge in [-0.2, -0.15) is 0 Å². The van der Waals surface area contributed by atoms with Crippen molar-refractivity contribution in [3.63, 3.8) is 0 Å². The summed E-state index contributed by atoms with van der Waals surface area (Å²) in [6, 6.07) is 0.394. The average Bonchev–Trinajstić information content (AvgIpc) is 2.72. The van der Waals surface area contributed by atoms with Crippen LogP contribution < -0.4 is 11.3 Å². The van der Waals surface area contributed by atoms with Crippen molar-refractivity contribution in [1.82, 2.24) is 10.3 Å². The highest BCUT2D eigenvalue weighted by atomic mass is 16.5. The number of hydrogen-bond acceptors (Lipinski definition) is 4. The highest BCUT2D eigenvalue weighted by molar-refractivity contribution is 5.79. The number of likely N-dealkylation sites (N-methyl/N-ethyl adjacent to an activating group) is 1. The van der Waals surface area contributed by atoms with Gasteiger partial charge in [0.25, 0.3) is 0 Å². The largest absolute Gasteiger partial charge is 0.382 e. The normalized spacial score (nSPS) is 27.0. The van der Waals surface area contributed by atoms with E-state index in [4.69, 9.17) is 15.3 Å². The van der Waals surface area contributed by atoms with Gasteiger partial charge < -0.3 is 14.4 Å². The second-order valence-electron chi connectivity index (χ2n) is 4.44. The molecule has 0 saturated carbocycles. The first-order valence-corrected chi connectivity index (χ1v) is 5.98. The van der Waals surface area contributed by atoms with Crippen LogP contribution in [0, 0.1) is 0 Å². The van der Waals surface area contributed by atoms with Crippen molar-refractivity contribution >= 4 is 5.96 Å². The molecule has 0 bridgehead atoms. The lowest BCUT2D eigenvalue weighted by Gasteiger charge is -2.29. The summed E-state index contributed by atoms with van der Waals surface area (Å²) in [6.45, 7) is 5.43. The number of nitrogens with zero attached hydrogens (tertiary/aromatic N) is 2. The standard InChI is InChI=1S/C11H24N4O2/c1-8(7-16-4)13-11(14-12)15(3)10-5-6-17-9(10)2/h8-10H,5-7,12H2,1-4H3,(H,13,14). The van der Waals surface area contributed by atoms with Crippen molar-refractivity contribution in [1.29, 1.82) is 0 Å². The maximum Gasteiger partial charge on any atom is 0.208 e. The van der Waals surface area contributed by atoms with Gasteiger partial charge in [-0.15, -0.1) is 0 Å². The van der Waals surface area contributed by atoms with Crippen LogP contribution in [0.15, 0.2) is 4.99 Å². The lowest BCUT2D eigenvalue weighted by Crippen LogP contribution is -2.50. The summed E-state index contributed by atoms with van der Waals surface area (Å²) in [5.41, 5.74) is 2.65. The Morgan fingerprint density at radius 2 is 2.41 bits per heavy atom. The molecule has 3 N–H and O–H groups in total. The Balaban J connectivity index is 2.65. The van der Waals surface area contributed by atoms with Gasteiger partial charge in [-0.25, -0.2) is 10.8 Å². The van der Waals surface area contributed by atoms with Gasteiger partial charge in [0.15, 0.2) is 0 Å². The monoisotopic (exact) mass is 244 g/mol. The van der Waals surface area contributed by atoms with E-state index in [2.05, 4.69) is 17.3 Å². The lowest BCUT2D eigenvalue weighted by molar-refractivity contribution is 0.0989. The fraction of sp³-hybridized carbons (Fsp3) is 0.909. The molecule has 1 aliphatic heterocycles. The zero-order chi connectivity index (χ0) is 12.8. The maximum atomic E-state index is 5.54. The molecule has 1 aliphatic rings. The summed E-state index contributed by atoms with van der Waals surface area (Å²) < 4.78 is 10.6. The number of nitrogens with two attached hydrogens (primary N) is 1. The van der Waals surface area contributed by atoms with Crippen molar-refractivity contribution in [2.45, 2.75) is 38.5 Å². The van der Waals surface area contributed by atoms with Gasteiger partial charge in [0.05, 0.1) is 24.8 Å². The molecule has 1 saturated heterocycles. The first-order valence-electron chi connectivity index (χ1n) is 5.98. The predicted octanol–water partition coefficient (Wildman–Crippen LogP) is -0.0502. The zero-order valence-corrected chi connectivity index (χ0v) is 11.1. The number of hydrogen-bond donors (Lipinski definition) is 2. The van der Waals surface area contributed by atoms with E-state index in [1.807, 2.05) is 18.9 Å². The van der Waals surface area contributed by atoms with Crippen molar-refractivity contribution in [3.8, 4) is 0 Å². The molecule has 0 aromatic carbocycles. The summed E-state index contributed by atoms with van der Waals surface area (Å²) in [4.78, 5) is 6.54. The number of rotatable bonds is 4. The first kappa shape index (κ1) is 14.2. The molecule has 0 aromatic heterocycles. The molecule has 0 aliphatic carbocycles. The van der Waals surface area contributed by atoms with Gasteiger partial charge >= 0.3 is 0 Å². The molecule has 0 spiro atoms. The van der Waals surface area contributed by atoms with Crippen LogP contribution in [0.5, 0.6) is 0 Å². The van der Waals surface area contributed by atoms with Crippen molar-refractivity contribution in [3.05, 3.63) is 0 Å². The van der Waals surface area contributed by atoms with Crippen LogP contribution in [0.2, 0.25) is 0 Å². The van der Waals surface area contributed by atoms with E-state index in [1.165, 1.54) is 0 Å². The Kier molecular flexibility index (Phi) is 5.67. The molecule has 6 heteroatoms. The third-order valence-corrected chi connectivity index (χ3v) is 3.05. The van der Waals surface area contributed by atoms with Crippen LogP contribution in [0.4, 0.5) is 0 Å². The number of ether oxygens (including phenoxy) is 2. The molecule has 1 rings (SSSR count). The Labute approximate surface area is 103 Å². The van der Waals surface area contributed by atoms with Crippen LogP contribution >= 0.6 is 0 Å². The van der Waals surface area contributed by atoms with E-state index in [0.717, 1.165) is 13.0 Å². The zero-order valence-electron chi connectivity index (χ0n) is 11.1. The molecule has 1 heterocycles. The fourth-order valence-electron chi connectivity index (χ4n) is 2.10. The minimum absolute atomic E-state index is 0.0751. The maximum absolute atomic E-state index is 5.54. The van der Waals surface area contributed by atoms with Gasteiger partial charge in [-0.05, 0) is 20.3 Å². The predicted molar refractivity (Wildman–Crippen MR) is 67.7 cm³/mol. The molecule has 1 fully saturated rings. The highest BCUT2D eigenvalue weighted by Gasteiger charge is 2.29. The van der Waals surface area contributed by atoms with E-state index in [-0.39, 0.29) is 12.1 Å². The minimum Gasteiger partial charge on any atom is -0.382 e. The molecule has 17 heavy (non-hydrogen) atoms. The smallest absolute Gasteiger partial charge is 0.208 e. The topological polar surface area (TPSA) is 72.1 Å². The number of guanidine groups is 1. The molecule has 100 valence electrons. The first-order chi connectivity index (χ1) is 8.10. The van der Waals surface area contributed by atoms with Crippen LogP contribution in [-0.4, -0.2) is 56.4 Å². The Hall–Kier alpha value is -0.850. The van der Waals surface area contributed by atoms with Gasteiger partial charge in [-0.3, -0.25) is 5.43 Å². The molecule has 6 nitrogen and oxygen atoms in total. The average molecular weight is 244 g/mol. The third-order valence-electron chi connectivity index (χ3n) is 3.05. The quantitative estimate of drug-likeness (QED) is 0.314. The molecular weight excluding hydrogens is 220 g/mol. The molecule has 3 atom stereocenters. The SMILES string of the molecule is COCC(C)N=C(NN)N(C)C1CCOC1C. The molecule has 3 unspecified atom stereocenters. The van der Waals surface area contributed by atoms with Crippen LogP contribution in [0.25, 0.3) is 0 Å². The summed E-state index contributed by atoms with van der Waals surface area (Å²) in [6.07, 6.45) is 1.20. The van der Waals surface area contributed by atoms with Crippen molar-refractivity contribution in [2.24, 2.45) is 10.8 Å². The van der Waals surface area contributed by atoms with E-state index in [1.54, 1.807) is 7.11 Å². The number of aliphatic imine (C=N–C) groups is 1. The van der Waals surface area contributed by atoms with Gasteiger partial charge in [0.1, 0.15) is 0 Å². The van der Waals surface area contributed by atoms with Crippen LogP contribution in [0.1, 0.15) is 20.3 Å². The van der Waals surface area contributed by atoms with Crippen molar-refractivity contribution in [2.75, 3.05) is 27.4 Å². The summed E-state index contributed by atoms with van der Waals surface area (Å²) in [5.74, 6) is 6.20. The Bertz CT molecular complexity index is 260. The van der Waals surface area contributed by atoms with Crippen LogP contribution in [-0.2, 0) is 9.47 Å². The molecular formula is C11H24N4O2. The summed E-state index contributed by atoms with van der Waals surface area (Å²) >= 11 is 0. The Morgan fingerprint density at radius 3 is 2.88 bits per heavy atom. The van der Waals surface area contributed by atoms with E-state index < -0.39 is 0 Å². The second kappa shape index (κ2) is 6.78. The molecule has 0 aromatic rings. The fourth-order valence-corrected chi connectivity index (χ4v) is 2.10. The molecule has 0 amide bonds.